The Morgan fingerprint density at radius 3 is 2.77 bits per heavy atom. The minimum absolute atomic E-state index is 0.167. The van der Waals surface area contributed by atoms with Gasteiger partial charge < -0.3 is 10.8 Å². The van der Waals surface area contributed by atoms with Gasteiger partial charge in [-0.05, 0) is 12.1 Å². The van der Waals surface area contributed by atoms with Crippen LogP contribution in [0.1, 0.15) is 5.56 Å². The van der Waals surface area contributed by atoms with Crippen LogP contribution in [0, 0.1) is 17.7 Å². The molecule has 0 heterocycles. The van der Waals surface area contributed by atoms with E-state index in [1.165, 1.54) is 6.07 Å². The van der Waals surface area contributed by atoms with Gasteiger partial charge in [0.2, 0.25) is 0 Å². The number of aromatic hydroxyl groups is 1. The molecule has 0 bridgehead atoms. The number of carbonyl (C=O) groups excluding carboxylic acids is 1. The Balaban J connectivity index is 3.05. The monoisotopic (exact) mass is 179 g/mol. The molecule has 0 saturated carbocycles. The van der Waals surface area contributed by atoms with Gasteiger partial charge >= 0.3 is 0 Å². The molecule has 0 aliphatic carbocycles. The van der Waals surface area contributed by atoms with Crippen molar-refractivity contribution < 1.29 is 14.3 Å². The first kappa shape index (κ1) is 9.07. The maximum atomic E-state index is 12.4. The third kappa shape index (κ3) is 2.49. The fourth-order valence-electron chi connectivity index (χ4n) is 0.739. The van der Waals surface area contributed by atoms with E-state index in [9.17, 15) is 9.18 Å². The lowest BCUT2D eigenvalue weighted by Gasteiger charge is -1.94. The predicted octanol–water partition coefficient (Wildman–Crippen LogP) is 0.368. The number of nitrogens with two attached hydrogens (primary N) is 1. The van der Waals surface area contributed by atoms with Crippen LogP contribution in [0.2, 0.25) is 0 Å². The molecule has 0 spiro atoms. The molecule has 0 unspecified atom stereocenters. The number of carbonyl (C=O) groups is 1. The molecule has 1 amide bonds. The van der Waals surface area contributed by atoms with Crippen molar-refractivity contribution in [2.24, 2.45) is 5.73 Å². The summed E-state index contributed by atoms with van der Waals surface area (Å²) < 4.78 is 12.4. The molecule has 1 aromatic carbocycles. The van der Waals surface area contributed by atoms with E-state index >= 15 is 0 Å². The molecule has 4 heteroatoms. The van der Waals surface area contributed by atoms with Crippen molar-refractivity contribution in [1.29, 1.82) is 0 Å². The van der Waals surface area contributed by atoms with Crippen molar-refractivity contribution in [3.05, 3.63) is 29.6 Å². The van der Waals surface area contributed by atoms with Crippen LogP contribution < -0.4 is 5.73 Å². The minimum atomic E-state index is -0.802. The molecule has 0 aliphatic rings. The second-order valence-electron chi connectivity index (χ2n) is 2.28. The Morgan fingerprint density at radius 2 is 2.23 bits per heavy atom. The van der Waals surface area contributed by atoms with Gasteiger partial charge in [0, 0.05) is 12.0 Å². The average Bonchev–Trinajstić information content (AvgIpc) is 2.02. The van der Waals surface area contributed by atoms with Gasteiger partial charge in [0.05, 0.1) is 5.56 Å². The normalized spacial score (nSPS) is 8.69. The minimum Gasteiger partial charge on any atom is -0.507 e. The van der Waals surface area contributed by atoms with E-state index < -0.39 is 11.7 Å². The lowest BCUT2D eigenvalue weighted by atomic mass is 10.2. The Hall–Kier alpha value is -2.02. The van der Waals surface area contributed by atoms with Gasteiger partial charge in [0.15, 0.2) is 0 Å². The zero-order chi connectivity index (χ0) is 9.84. The lowest BCUT2D eigenvalue weighted by Crippen LogP contribution is -2.06. The Labute approximate surface area is 74.0 Å². The van der Waals surface area contributed by atoms with Crippen LogP contribution >= 0.6 is 0 Å². The smallest absolute Gasteiger partial charge is 0.293 e. The highest BCUT2D eigenvalue weighted by atomic mass is 19.1. The Bertz CT molecular complexity index is 404. The molecule has 3 nitrogen and oxygen atoms in total. The van der Waals surface area contributed by atoms with Crippen LogP contribution in [0.15, 0.2) is 18.2 Å². The number of primary amides is 1. The zero-order valence-electron chi connectivity index (χ0n) is 6.54. The second-order valence-corrected chi connectivity index (χ2v) is 2.28. The highest BCUT2D eigenvalue weighted by molar-refractivity contribution is 5.92. The first-order chi connectivity index (χ1) is 6.09. The topological polar surface area (TPSA) is 63.3 Å². The van der Waals surface area contributed by atoms with Crippen molar-refractivity contribution >= 4 is 5.91 Å². The highest BCUT2D eigenvalue weighted by Gasteiger charge is 1.98. The lowest BCUT2D eigenvalue weighted by molar-refractivity contribution is -0.112. The third-order valence-corrected chi connectivity index (χ3v) is 1.28. The fraction of sp³-hybridized carbons (Fsp3) is 0. The molecule has 0 saturated heterocycles. The third-order valence-electron chi connectivity index (χ3n) is 1.28. The summed E-state index contributed by atoms with van der Waals surface area (Å²) in [6.07, 6.45) is 0. The van der Waals surface area contributed by atoms with Crippen LogP contribution in [0.4, 0.5) is 4.39 Å². The molecule has 0 aromatic heterocycles. The van der Waals surface area contributed by atoms with Gasteiger partial charge in [0.25, 0.3) is 5.91 Å². The van der Waals surface area contributed by atoms with Crippen molar-refractivity contribution in [2.45, 2.75) is 0 Å². The molecular weight excluding hydrogens is 173 g/mol. The van der Waals surface area contributed by atoms with Crippen LogP contribution in [-0.2, 0) is 4.79 Å². The maximum Gasteiger partial charge on any atom is 0.293 e. The Morgan fingerprint density at radius 1 is 1.54 bits per heavy atom. The van der Waals surface area contributed by atoms with Gasteiger partial charge in [-0.25, -0.2) is 4.39 Å². The number of halogens is 1. The molecular formula is C9H6FNO2. The number of phenolic OH excluding ortho intramolecular Hbond substituents is 1. The van der Waals surface area contributed by atoms with Crippen molar-refractivity contribution in [1.82, 2.24) is 0 Å². The SMILES string of the molecule is NC(=O)C#Cc1ccc(F)cc1O. The largest absolute Gasteiger partial charge is 0.507 e. The predicted molar refractivity (Wildman–Crippen MR) is 44.1 cm³/mol. The number of hydrogen-bond donors (Lipinski definition) is 2. The first-order valence-corrected chi connectivity index (χ1v) is 3.39. The van der Waals surface area contributed by atoms with Gasteiger partial charge in [-0.3, -0.25) is 4.79 Å². The zero-order valence-corrected chi connectivity index (χ0v) is 6.54. The van der Waals surface area contributed by atoms with E-state index in [2.05, 4.69) is 5.92 Å². The van der Waals surface area contributed by atoms with Gasteiger partial charge in [-0.15, -0.1) is 0 Å². The summed E-state index contributed by atoms with van der Waals surface area (Å²) in [5.41, 5.74) is 4.92. The molecule has 0 atom stereocenters. The molecule has 0 fully saturated rings. The molecule has 0 radical (unpaired) electrons. The molecule has 1 aromatic rings. The fourth-order valence-corrected chi connectivity index (χ4v) is 0.739. The molecule has 66 valence electrons. The summed E-state index contributed by atoms with van der Waals surface area (Å²) in [4.78, 5) is 10.2. The van der Waals surface area contributed by atoms with Crippen molar-refractivity contribution in [3.63, 3.8) is 0 Å². The quantitative estimate of drug-likeness (QED) is 0.565. The summed E-state index contributed by atoms with van der Waals surface area (Å²) in [6.45, 7) is 0. The van der Waals surface area contributed by atoms with Crippen LogP contribution in [0.5, 0.6) is 5.75 Å². The summed E-state index contributed by atoms with van der Waals surface area (Å²) in [7, 11) is 0. The van der Waals surface area contributed by atoms with Crippen LogP contribution in [0.25, 0.3) is 0 Å². The van der Waals surface area contributed by atoms with Crippen molar-refractivity contribution in [2.75, 3.05) is 0 Å². The van der Waals surface area contributed by atoms with Gasteiger partial charge in [-0.1, -0.05) is 5.92 Å². The average molecular weight is 179 g/mol. The van der Waals surface area contributed by atoms with E-state index in [1.807, 2.05) is 5.92 Å². The van der Waals surface area contributed by atoms with Gasteiger partial charge in [-0.2, -0.15) is 0 Å². The number of benzene rings is 1. The van der Waals surface area contributed by atoms with Crippen LogP contribution in [-0.4, -0.2) is 11.0 Å². The molecule has 0 aliphatic heterocycles. The van der Waals surface area contributed by atoms with Crippen molar-refractivity contribution in [3.8, 4) is 17.6 Å². The maximum absolute atomic E-state index is 12.4. The number of rotatable bonds is 0. The number of phenols is 1. The van der Waals surface area contributed by atoms with E-state index in [0.29, 0.717) is 0 Å². The summed E-state index contributed by atoms with van der Waals surface area (Å²) in [5.74, 6) is 2.65. The molecule has 1 rings (SSSR count). The summed E-state index contributed by atoms with van der Waals surface area (Å²) >= 11 is 0. The van der Waals surface area contributed by atoms with E-state index in [4.69, 9.17) is 10.8 Å². The number of hydrogen-bond acceptors (Lipinski definition) is 2. The summed E-state index contributed by atoms with van der Waals surface area (Å²) in [5, 5.41) is 9.11. The van der Waals surface area contributed by atoms with E-state index in [1.54, 1.807) is 0 Å². The van der Waals surface area contributed by atoms with Crippen LogP contribution in [0.3, 0.4) is 0 Å². The Kier molecular flexibility index (Phi) is 2.50. The number of amides is 1. The second kappa shape index (κ2) is 3.59. The van der Waals surface area contributed by atoms with Gasteiger partial charge in [0.1, 0.15) is 11.6 Å². The first-order valence-electron chi connectivity index (χ1n) is 3.39. The highest BCUT2D eigenvalue weighted by Crippen LogP contribution is 2.16. The molecule has 13 heavy (non-hydrogen) atoms. The van der Waals surface area contributed by atoms with E-state index in [-0.39, 0.29) is 11.3 Å². The molecule has 3 N–H and O–H groups in total. The van der Waals surface area contributed by atoms with E-state index in [0.717, 1.165) is 12.1 Å². The summed E-state index contributed by atoms with van der Waals surface area (Å²) in [6, 6.07) is 3.30. The standard InChI is InChI=1S/C9H6FNO2/c10-7-3-1-6(8(12)5-7)2-4-9(11)13/h1,3,5,12H,(H2,11,13).